The fraction of sp³-hybridized carbons (Fsp3) is 0.333. The van der Waals surface area contributed by atoms with Crippen LogP contribution in [0.4, 0.5) is 0 Å². The van der Waals surface area contributed by atoms with Gasteiger partial charge in [0.25, 0.3) is 11.8 Å². The number of rotatable bonds is 8. The summed E-state index contributed by atoms with van der Waals surface area (Å²) in [6.45, 7) is 3.51. The molecule has 2 saturated heterocycles. The molecule has 2 aliphatic heterocycles. The average Bonchev–Trinajstić information content (AvgIpc) is 3.70. The van der Waals surface area contributed by atoms with Gasteiger partial charge in [-0.1, -0.05) is 30.3 Å². The lowest BCUT2D eigenvalue weighted by molar-refractivity contribution is -0.146. The second-order valence-corrected chi connectivity index (χ2v) is 11.4. The first kappa shape index (κ1) is 28.4. The number of nitrogens with zero attached hydrogens (tertiary/aromatic N) is 3. The molecule has 2 N–H and O–H groups in total. The molecular formula is C33H34N4O6. The average molecular weight is 583 g/mol. The lowest BCUT2D eigenvalue weighted by Gasteiger charge is -2.39. The second-order valence-electron chi connectivity index (χ2n) is 11.4. The van der Waals surface area contributed by atoms with Gasteiger partial charge in [-0.25, -0.2) is 5.48 Å². The highest BCUT2D eigenvalue weighted by molar-refractivity contribution is 5.95. The molecule has 2 atom stereocenters. The molecule has 0 saturated carbocycles. The number of para-hydroxylation sites is 1. The molecule has 2 aromatic carbocycles. The molecule has 3 amide bonds. The van der Waals surface area contributed by atoms with Gasteiger partial charge in [-0.15, -0.1) is 0 Å². The van der Waals surface area contributed by atoms with Crippen LogP contribution in [0.25, 0.3) is 10.9 Å². The summed E-state index contributed by atoms with van der Waals surface area (Å²) in [6, 6.07) is 19.9. The number of hydroxylamine groups is 1. The zero-order valence-corrected chi connectivity index (χ0v) is 23.9. The summed E-state index contributed by atoms with van der Waals surface area (Å²) in [5, 5.41) is 10.6. The number of hydrogen-bond donors (Lipinski definition) is 2. The van der Waals surface area contributed by atoms with E-state index in [2.05, 4.69) is 4.98 Å². The Hall–Kier alpha value is -4.70. The largest absolute Gasteiger partial charge is 0.489 e. The molecule has 2 unspecified atom stereocenters. The SMILES string of the molecule is CC1(c2ccc(OCc3ccnc4ccccc34)cc2)CCN(C(C(=O)NO)C2CCN(C(=O)c3ccco3)CC2)C1=O. The van der Waals surface area contributed by atoms with E-state index in [0.717, 1.165) is 22.0 Å². The lowest BCUT2D eigenvalue weighted by atomic mass is 9.80. The highest BCUT2D eigenvalue weighted by Gasteiger charge is 2.50. The molecule has 4 aromatic rings. The van der Waals surface area contributed by atoms with E-state index in [1.165, 1.54) is 6.26 Å². The smallest absolute Gasteiger partial charge is 0.289 e. The fourth-order valence-corrected chi connectivity index (χ4v) is 6.41. The van der Waals surface area contributed by atoms with E-state index in [0.29, 0.717) is 51.3 Å². The topological polar surface area (TPSA) is 125 Å². The molecule has 6 rings (SSSR count). The van der Waals surface area contributed by atoms with Crippen LogP contribution in [-0.2, 0) is 21.6 Å². The zero-order chi connectivity index (χ0) is 30.0. The number of hydrogen-bond acceptors (Lipinski definition) is 7. The molecule has 4 heterocycles. The standard InChI is InChI=1S/C33H34N4O6/c1-33(24-8-10-25(11-9-24)43-21-23-12-16-34-27-6-3-2-5-26(23)27)15-19-37(32(33)40)29(30(38)35-41)22-13-17-36(18-14-22)31(39)28-7-4-20-42-28/h2-12,16,20,22,29,41H,13-15,17-19,21H2,1H3,(H,35,38). The molecule has 0 radical (unpaired) electrons. The maximum atomic E-state index is 13.9. The van der Waals surface area contributed by atoms with Crippen LogP contribution in [0.15, 0.2) is 83.6 Å². The monoisotopic (exact) mass is 582 g/mol. The molecule has 2 fully saturated rings. The predicted molar refractivity (Wildman–Crippen MR) is 157 cm³/mol. The van der Waals surface area contributed by atoms with Crippen LogP contribution in [0, 0.1) is 5.92 Å². The Kier molecular flexibility index (Phi) is 7.86. The molecule has 0 aliphatic carbocycles. The van der Waals surface area contributed by atoms with Crippen LogP contribution >= 0.6 is 0 Å². The van der Waals surface area contributed by atoms with Crippen molar-refractivity contribution in [1.29, 1.82) is 0 Å². The number of benzene rings is 2. The van der Waals surface area contributed by atoms with Gasteiger partial charge in [0.15, 0.2) is 5.76 Å². The second kappa shape index (κ2) is 11.9. The van der Waals surface area contributed by atoms with Crippen LogP contribution in [0.3, 0.4) is 0 Å². The van der Waals surface area contributed by atoms with Crippen LogP contribution in [0.2, 0.25) is 0 Å². The quantitative estimate of drug-likeness (QED) is 0.234. The Morgan fingerprint density at radius 2 is 1.84 bits per heavy atom. The van der Waals surface area contributed by atoms with E-state index in [9.17, 15) is 19.6 Å². The Morgan fingerprint density at radius 1 is 1.07 bits per heavy atom. The summed E-state index contributed by atoms with van der Waals surface area (Å²) in [5.41, 5.74) is 3.74. The Balaban J connectivity index is 1.12. The van der Waals surface area contributed by atoms with Crippen molar-refractivity contribution < 1.29 is 28.7 Å². The Labute approximate surface area is 249 Å². The van der Waals surface area contributed by atoms with Gasteiger partial charge in [0, 0.05) is 36.8 Å². The minimum Gasteiger partial charge on any atom is -0.489 e. The van der Waals surface area contributed by atoms with Crippen molar-refractivity contribution in [1.82, 2.24) is 20.3 Å². The number of ether oxygens (including phenoxy) is 1. The van der Waals surface area contributed by atoms with E-state index in [1.807, 2.05) is 61.5 Å². The first-order valence-corrected chi connectivity index (χ1v) is 14.5. The van der Waals surface area contributed by atoms with Gasteiger partial charge < -0.3 is 19.0 Å². The van der Waals surface area contributed by atoms with Gasteiger partial charge in [0.05, 0.1) is 17.2 Å². The number of likely N-dealkylation sites (tertiary alicyclic amines) is 2. The number of pyridine rings is 1. The van der Waals surface area contributed by atoms with Crippen LogP contribution in [0.1, 0.15) is 47.9 Å². The van der Waals surface area contributed by atoms with Crippen molar-refractivity contribution >= 4 is 28.6 Å². The summed E-state index contributed by atoms with van der Waals surface area (Å²) < 4.78 is 11.3. The minimum atomic E-state index is -0.835. The van der Waals surface area contributed by atoms with Gasteiger partial charge in [-0.05, 0) is 74.1 Å². The maximum absolute atomic E-state index is 13.9. The summed E-state index contributed by atoms with van der Waals surface area (Å²) in [5.74, 6) is -0.218. The zero-order valence-electron chi connectivity index (χ0n) is 23.9. The van der Waals surface area contributed by atoms with E-state index in [4.69, 9.17) is 9.15 Å². The number of piperidine rings is 1. The molecule has 10 heteroatoms. The number of carbonyl (C=O) groups excluding carboxylic acids is 3. The molecule has 222 valence electrons. The Morgan fingerprint density at radius 3 is 2.56 bits per heavy atom. The van der Waals surface area contributed by atoms with Crippen molar-refractivity contribution in [3.8, 4) is 5.75 Å². The summed E-state index contributed by atoms with van der Waals surface area (Å²) in [6.07, 6.45) is 4.80. The molecule has 43 heavy (non-hydrogen) atoms. The number of aromatic nitrogens is 1. The number of carbonyl (C=O) groups is 3. The van der Waals surface area contributed by atoms with Gasteiger partial charge in [-0.3, -0.25) is 24.6 Å². The summed E-state index contributed by atoms with van der Waals surface area (Å²) in [7, 11) is 0. The number of furan rings is 1. The van der Waals surface area contributed by atoms with Gasteiger partial charge >= 0.3 is 0 Å². The molecular weight excluding hydrogens is 548 g/mol. The normalized spacial score (nSPS) is 19.9. The summed E-state index contributed by atoms with van der Waals surface area (Å²) >= 11 is 0. The van der Waals surface area contributed by atoms with Gasteiger partial charge in [-0.2, -0.15) is 0 Å². The predicted octanol–water partition coefficient (Wildman–Crippen LogP) is 4.32. The third-order valence-electron chi connectivity index (χ3n) is 8.93. The third-order valence-corrected chi connectivity index (χ3v) is 8.93. The first-order chi connectivity index (χ1) is 20.9. The van der Waals surface area contributed by atoms with E-state index < -0.39 is 17.4 Å². The van der Waals surface area contributed by atoms with Crippen LogP contribution < -0.4 is 10.2 Å². The highest BCUT2D eigenvalue weighted by Crippen LogP contribution is 2.39. The van der Waals surface area contributed by atoms with E-state index in [1.54, 1.807) is 33.6 Å². The molecule has 10 nitrogen and oxygen atoms in total. The molecule has 2 aliphatic rings. The highest BCUT2D eigenvalue weighted by atomic mass is 16.5. The maximum Gasteiger partial charge on any atom is 0.289 e. The Bertz CT molecular complexity index is 1610. The van der Waals surface area contributed by atoms with E-state index in [-0.39, 0.29) is 23.5 Å². The van der Waals surface area contributed by atoms with Gasteiger partial charge in [0.1, 0.15) is 18.4 Å². The number of amides is 3. The van der Waals surface area contributed by atoms with Crippen molar-refractivity contribution in [2.45, 2.75) is 44.2 Å². The minimum absolute atomic E-state index is 0.160. The van der Waals surface area contributed by atoms with Crippen LogP contribution in [-0.4, -0.2) is 63.4 Å². The molecule has 0 bridgehead atoms. The van der Waals surface area contributed by atoms with Crippen molar-refractivity contribution in [3.05, 3.63) is 96.1 Å². The van der Waals surface area contributed by atoms with Crippen molar-refractivity contribution in [2.75, 3.05) is 19.6 Å². The van der Waals surface area contributed by atoms with Crippen molar-refractivity contribution in [3.63, 3.8) is 0 Å². The fourth-order valence-electron chi connectivity index (χ4n) is 6.41. The molecule has 0 spiro atoms. The summed E-state index contributed by atoms with van der Waals surface area (Å²) in [4.78, 5) is 47.3. The van der Waals surface area contributed by atoms with Crippen LogP contribution in [0.5, 0.6) is 5.75 Å². The van der Waals surface area contributed by atoms with Crippen molar-refractivity contribution in [2.24, 2.45) is 5.92 Å². The number of fused-ring (bicyclic) bond motifs is 1. The van der Waals surface area contributed by atoms with E-state index >= 15 is 0 Å². The first-order valence-electron chi connectivity index (χ1n) is 14.5. The molecule has 2 aromatic heterocycles. The number of nitrogens with one attached hydrogen (secondary N) is 1. The third kappa shape index (κ3) is 5.46. The van der Waals surface area contributed by atoms with Gasteiger partial charge in [0.2, 0.25) is 5.91 Å². The lowest BCUT2D eigenvalue weighted by Crippen LogP contribution is -2.55.